The number of nitrogens with one attached hydrogen (secondary N) is 1. The number of carbonyl (C=O) groups excluding carboxylic acids is 1. The topological polar surface area (TPSA) is 75.6 Å². The first-order valence-corrected chi connectivity index (χ1v) is 4.23. The van der Waals surface area contributed by atoms with Crippen LogP contribution in [0.15, 0.2) is 0 Å². The molecule has 0 aromatic carbocycles. The molecule has 1 amide bonds. The largest absolute Gasteiger partial charge is 0.481 e. The number of carboxylic acid groups (broad SMARTS) is 1. The molecule has 5 heteroatoms. The molecule has 1 fully saturated rings. The highest BCUT2D eigenvalue weighted by atomic mass is 16.5. The van der Waals surface area contributed by atoms with Crippen molar-refractivity contribution in [1.29, 1.82) is 0 Å². The molecular formula is C8H13NO4. The molecule has 0 aliphatic carbocycles. The molecule has 0 aromatic heterocycles. The van der Waals surface area contributed by atoms with Crippen molar-refractivity contribution in [3.05, 3.63) is 0 Å². The maximum absolute atomic E-state index is 10.4. The van der Waals surface area contributed by atoms with E-state index >= 15 is 0 Å². The van der Waals surface area contributed by atoms with E-state index in [0.29, 0.717) is 19.6 Å². The summed E-state index contributed by atoms with van der Waals surface area (Å²) >= 11 is 0. The smallest absolute Gasteiger partial charge is 0.305 e. The summed E-state index contributed by atoms with van der Waals surface area (Å²) in [6, 6.07) is -0.294. The minimum Gasteiger partial charge on any atom is -0.481 e. The maximum Gasteiger partial charge on any atom is 0.305 e. The maximum atomic E-state index is 10.4. The fourth-order valence-corrected chi connectivity index (χ4v) is 1.51. The molecule has 0 saturated carbocycles. The van der Waals surface area contributed by atoms with Gasteiger partial charge in [0.25, 0.3) is 0 Å². The Balaban J connectivity index is 2.44. The third-order valence-corrected chi connectivity index (χ3v) is 2.21. The van der Waals surface area contributed by atoms with Crippen LogP contribution in [0.5, 0.6) is 0 Å². The van der Waals surface area contributed by atoms with Gasteiger partial charge in [0.1, 0.15) is 0 Å². The van der Waals surface area contributed by atoms with Crippen LogP contribution in [0.3, 0.4) is 0 Å². The minimum atomic E-state index is -0.897. The second-order valence-corrected chi connectivity index (χ2v) is 3.11. The van der Waals surface area contributed by atoms with Gasteiger partial charge in [0.05, 0.1) is 13.0 Å². The summed E-state index contributed by atoms with van der Waals surface area (Å²) in [5, 5.41) is 11.1. The predicted molar refractivity (Wildman–Crippen MR) is 44.2 cm³/mol. The van der Waals surface area contributed by atoms with Crippen LogP contribution in [-0.4, -0.2) is 36.7 Å². The SMILES string of the molecule is O=CN[C@@H](CC(=O)O)C1CCOC1. The highest BCUT2D eigenvalue weighted by molar-refractivity contribution is 5.68. The van der Waals surface area contributed by atoms with Crippen molar-refractivity contribution in [1.82, 2.24) is 5.32 Å². The van der Waals surface area contributed by atoms with Crippen molar-refractivity contribution >= 4 is 12.4 Å². The van der Waals surface area contributed by atoms with E-state index in [1.54, 1.807) is 0 Å². The number of aliphatic carboxylic acids is 1. The van der Waals surface area contributed by atoms with E-state index in [0.717, 1.165) is 6.42 Å². The molecule has 5 nitrogen and oxygen atoms in total. The molecule has 13 heavy (non-hydrogen) atoms. The third-order valence-electron chi connectivity index (χ3n) is 2.21. The predicted octanol–water partition coefficient (Wildman–Crippen LogP) is -0.388. The van der Waals surface area contributed by atoms with E-state index < -0.39 is 5.97 Å². The molecule has 1 saturated heterocycles. The van der Waals surface area contributed by atoms with E-state index in [1.165, 1.54) is 0 Å². The first-order chi connectivity index (χ1) is 6.24. The Kier molecular flexibility index (Phi) is 3.70. The lowest BCUT2D eigenvalue weighted by Gasteiger charge is -2.19. The standard InChI is InChI=1S/C8H13NO4/c10-5-9-7(3-8(11)12)6-1-2-13-4-6/h5-7H,1-4H2,(H,9,10)(H,11,12)/t6?,7-/m0/s1. The van der Waals surface area contributed by atoms with Crippen LogP contribution in [0.25, 0.3) is 0 Å². The Morgan fingerprint density at radius 1 is 1.77 bits per heavy atom. The average Bonchev–Trinajstić information content (AvgIpc) is 2.54. The van der Waals surface area contributed by atoms with E-state index in [4.69, 9.17) is 9.84 Å². The first kappa shape index (κ1) is 9.98. The van der Waals surface area contributed by atoms with Crippen LogP contribution in [0.2, 0.25) is 0 Å². The van der Waals surface area contributed by atoms with E-state index in [-0.39, 0.29) is 18.4 Å². The van der Waals surface area contributed by atoms with Crippen molar-refractivity contribution in [2.24, 2.45) is 5.92 Å². The molecule has 0 bridgehead atoms. The van der Waals surface area contributed by atoms with Crippen molar-refractivity contribution < 1.29 is 19.4 Å². The number of amides is 1. The quantitative estimate of drug-likeness (QED) is 0.575. The third kappa shape index (κ3) is 3.02. The monoisotopic (exact) mass is 187 g/mol. The summed E-state index contributed by atoms with van der Waals surface area (Å²) in [4.78, 5) is 20.7. The highest BCUT2D eigenvalue weighted by Crippen LogP contribution is 2.18. The van der Waals surface area contributed by atoms with Crippen LogP contribution >= 0.6 is 0 Å². The van der Waals surface area contributed by atoms with Gasteiger partial charge in [-0.25, -0.2) is 0 Å². The van der Waals surface area contributed by atoms with Gasteiger partial charge in [-0.2, -0.15) is 0 Å². The molecular weight excluding hydrogens is 174 g/mol. The van der Waals surface area contributed by atoms with Gasteiger partial charge in [-0.3, -0.25) is 9.59 Å². The summed E-state index contributed by atoms with van der Waals surface area (Å²) in [5.41, 5.74) is 0. The van der Waals surface area contributed by atoms with Crippen molar-refractivity contribution in [3.8, 4) is 0 Å². The zero-order chi connectivity index (χ0) is 9.68. The molecule has 2 N–H and O–H groups in total. The Bertz CT molecular complexity index is 189. The van der Waals surface area contributed by atoms with Crippen LogP contribution in [0.1, 0.15) is 12.8 Å². The lowest BCUT2D eigenvalue weighted by atomic mass is 9.96. The lowest BCUT2D eigenvalue weighted by Crippen LogP contribution is -2.37. The van der Waals surface area contributed by atoms with Crippen LogP contribution in [0, 0.1) is 5.92 Å². The van der Waals surface area contributed by atoms with E-state index in [9.17, 15) is 9.59 Å². The molecule has 2 atom stereocenters. The summed E-state index contributed by atoms with van der Waals surface area (Å²) < 4.78 is 5.12. The molecule has 1 aliphatic heterocycles. The molecule has 1 aliphatic rings. The molecule has 0 spiro atoms. The van der Waals surface area contributed by atoms with Gasteiger partial charge in [0, 0.05) is 18.6 Å². The molecule has 1 rings (SSSR count). The van der Waals surface area contributed by atoms with Gasteiger partial charge in [-0.05, 0) is 6.42 Å². The molecule has 0 aromatic rings. The molecule has 1 unspecified atom stereocenters. The summed E-state index contributed by atoms with van der Waals surface area (Å²) in [7, 11) is 0. The number of ether oxygens (including phenoxy) is 1. The molecule has 74 valence electrons. The number of hydrogen-bond donors (Lipinski definition) is 2. The van der Waals surface area contributed by atoms with Gasteiger partial charge in [-0.15, -0.1) is 0 Å². The lowest BCUT2D eigenvalue weighted by molar-refractivity contribution is -0.138. The number of rotatable bonds is 5. The Morgan fingerprint density at radius 3 is 3.00 bits per heavy atom. The zero-order valence-corrected chi connectivity index (χ0v) is 7.23. The average molecular weight is 187 g/mol. The van der Waals surface area contributed by atoms with Crippen molar-refractivity contribution in [2.75, 3.05) is 13.2 Å². The second kappa shape index (κ2) is 4.81. The normalized spacial score (nSPS) is 23.8. The molecule has 1 heterocycles. The van der Waals surface area contributed by atoms with E-state index in [2.05, 4.69) is 5.32 Å². The highest BCUT2D eigenvalue weighted by Gasteiger charge is 2.26. The van der Waals surface area contributed by atoms with Gasteiger partial charge in [0.15, 0.2) is 0 Å². The van der Waals surface area contributed by atoms with Crippen LogP contribution < -0.4 is 5.32 Å². The first-order valence-electron chi connectivity index (χ1n) is 4.23. The van der Waals surface area contributed by atoms with Crippen LogP contribution in [-0.2, 0) is 14.3 Å². The van der Waals surface area contributed by atoms with Crippen LogP contribution in [0.4, 0.5) is 0 Å². The van der Waals surface area contributed by atoms with Gasteiger partial charge < -0.3 is 15.2 Å². The minimum absolute atomic E-state index is 0.0350. The van der Waals surface area contributed by atoms with Gasteiger partial charge >= 0.3 is 5.97 Å². The molecule has 0 radical (unpaired) electrons. The Labute approximate surface area is 76.1 Å². The summed E-state index contributed by atoms with van der Waals surface area (Å²) in [6.07, 6.45) is 1.33. The fourth-order valence-electron chi connectivity index (χ4n) is 1.51. The van der Waals surface area contributed by atoms with E-state index in [1.807, 2.05) is 0 Å². The number of hydrogen-bond acceptors (Lipinski definition) is 3. The summed E-state index contributed by atoms with van der Waals surface area (Å²) in [5.74, 6) is -0.757. The Morgan fingerprint density at radius 2 is 2.54 bits per heavy atom. The van der Waals surface area contributed by atoms with Crippen molar-refractivity contribution in [2.45, 2.75) is 18.9 Å². The summed E-state index contributed by atoms with van der Waals surface area (Å²) in [6.45, 7) is 1.19. The second-order valence-electron chi connectivity index (χ2n) is 3.11. The Hall–Kier alpha value is -1.10. The van der Waals surface area contributed by atoms with Gasteiger partial charge in [0.2, 0.25) is 6.41 Å². The van der Waals surface area contributed by atoms with Gasteiger partial charge in [-0.1, -0.05) is 0 Å². The number of carboxylic acids is 1. The fraction of sp³-hybridized carbons (Fsp3) is 0.750. The zero-order valence-electron chi connectivity index (χ0n) is 7.23. The van der Waals surface area contributed by atoms with Crippen molar-refractivity contribution in [3.63, 3.8) is 0 Å². The number of carbonyl (C=O) groups is 2.